The van der Waals surface area contributed by atoms with Gasteiger partial charge in [-0.2, -0.15) is 0 Å². The molecule has 3 N–H and O–H groups in total. The minimum Gasteiger partial charge on any atom is -0.310 e. The summed E-state index contributed by atoms with van der Waals surface area (Å²) in [5, 5.41) is 8.58. The number of nitrogens with one attached hydrogen (secondary N) is 1. The number of nitrogens with two attached hydrogens (primary N) is 1. The minimum absolute atomic E-state index is 0.167. The molecule has 0 aliphatic heterocycles. The summed E-state index contributed by atoms with van der Waals surface area (Å²) < 4.78 is 22.2. The Morgan fingerprint density at radius 3 is 2.44 bits per heavy atom. The van der Waals surface area contributed by atoms with Crippen LogP contribution < -0.4 is 10.5 Å². The molecule has 0 radical (unpaired) electrons. The summed E-state index contributed by atoms with van der Waals surface area (Å²) in [6.07, 6.45) is 3.82. The van der Waals surface area contributed by atoms with Gasteiger partial charge in [-0.15, -0.1) is 0 Å². The molecule has 2 atom stereocenters. The van der Waals surface area contributed by atoms with Crippen LogP contribution in [0, 0.1) is 5.92 Å². The fraction of sp³-hybridized carbons (Fsp3) is 0.538. The fourth-order valence-corrected chi connectivity index (χ4v) is 3.01. The maximum absolute atomic E-state index is 11.1. The van der Waals surface area contributed by atoms with Gasteiger partial charge in [0.2, 0.25) is 10.0 Å². The zero-order valence-corrected chi connectivity index (χ0v) is 11.4. The van der Waals surface area contributed by atoms with Gasteiger partial charge in [0.05, 0.1) is 4.90 Å². The Hall–Kier alpha value is -0.910. The Morgan fingerprint density at radius 2 is 1.94 bits per heavy atom. The van der Waals surface area contributed by atoms with Crippen molar-refractivity contribution in [3.05, 3.63) is 29.8 Å². The van der Waals surface area contributed by atoms with E-state index in [4.69, 9.17) is 5.14 Å². The summed E-state index contributed by atoms with van der Waals surface area (Å²) in [6.45, 7) is 3.05. The summed E-state index contributed by atoms with van der Waals surface area (Å²) >= 11 is 0. The van der Waals surface area contributed by atoms with E-state index in [1.54, 1.807) is 12.1 Å². The van der Waals surface area contributed by atoms with Crippen LogP contribution >= 0.6 is 0 Å². The van der Waals surface area contributed by atoms with E-state index in [9.17, 15) is 8.42 Å². The van der Waals surface area contributed by atoms with Crippen molar-refractivity contribution in [2.24, 2.45) is 11.1 Å². The molecule has 0 saturated heterocycles. The zero-order chi connectivity index (χ0) is 13.2. The van der Waals surface area contributed by atoms with Crippen molar-refractivity contribution >= 4 is 10.0 Å². The molecule has 4 nitrogen and oxygen atoms in total. The minimum atomic E-state index is -3.58. The fourth-order valence-electron chi connectivity index (χ4n) is 2.49. The Bertz CT molecular complexity index is 496. The molecule has 0 heterocycles. The van der Waals surface area contributed by atoms with E-state index in [-0.39, 0.29) is 4.90 Å². The molecule has 1 saturated carbocycles. The first-order valence-electron chi connectivity index (χ1n) is 6.32. The van der Waals surface area contributed by atoms with Gasteiger partial charge in [-0.05, 0) is 36.5 Å². The number of hydrogen-bond donors (Lipinski definition) is 2. The van der Waals surface area contributed by atoms with Crippen LogP contribution in [0.25, 0.3) is 0 Å². The van der Waals surface area contributed by atoms with Gasteiger partial charge >= 0.3 is 0 Å². The van der Waals surface area contributed by atoms with Gasteiger partial charge in [-0.1, -0.05) is 25.5 Å². The van der Waals surface area contributed by atoms with E-state index in [1.807, 2.05) is 12.1 Å². The van der Waals surface area contributed by atoms with Crippen molar-refractivity contribution in [3.8, 4) is 0 Å². The molecular formula is C13H20N2O2S. The summed E-state index contributed by atoms with van der Waals surface area (Å²) in [7, 11) is -3.58. The Morgan fingerprint density at radius 1 is 1.28 bits per heavy atom. The molecule has 1 fully saturated rings. The van der Waals surface area contributed by atoms with Crippen LogP contribution in [-0.2, 0) is 16.6 Å². The second kappa shape index (κ2) is 5.38. The lowest BCUT2D eigenvalue weighted by atomic mass is 10.1. The molecule has 0 bridgehead atoms. The van der Waals surface area contributed by atoms with Crippen LogP contribution in [0.3, 0.4) is 0 Å². The predicted molar refractivity (Wildman–Crippen MR) is 71.5 cm³/mol. The molecule has 1 aromatic rings. The van der Waals surface area contributed by atoms with E-state index in [0.29, 0.717) is 6.04 Å². The Kier molecular flexibility index (Phi) is 4.04. The van der Waals surface area contributed by atoms with E-state index >= 15 is 0 Å². The average Bonchev–Trinajstić information content (AvgIpc) is 2.72. The molecule has 1 aliphatic rings. The van der Waals surface area contributed by atoms with Gasteiger partial charge in [0.1, 0.15) is 0 Å². The largest absolute Gasteiger partial charge is 0.310 e. The van der Waals surface area contributed by atoms with Crippen LogP contribution in [0.2, 0.25) is 0 Å². The van der Waals surface area contributed by atoms with E-state index in [2.05, 4.69) is 12.2 Å². The molecule has 1 aliphatic carbocycles. The second-order valence-corrected chi connectivity index (χ2v) is 6.65. The number of hydrogen-bond acceptors (Lipinski definition) is 3. The normalized spacial score (nSPS) is 24.3. The van der Waals surface area contributed by atoms with Crippen molar-refractivity contribution in [2.45, 2.75) is 43.7 Å². The first-order valence-corrected chi connectivity index (χ1v) is 7.86. The third-order valence-electron chi connectivity index (χ3n) is 3.68. The number of sulfonamides is 1. The van der Waals surface area contributed by atoms with Crippen LogP contribution in [-0.4, -0.2) is 14.5 Å². The molecule has 5 heteroatoms. The third-order valence-corrected chi connectivity index (χ3v) is 4.61. The highest BCUT2D eigenvalue weighted by Crippen LogP contribution is 2.25. The van der Waals surface area contributed by atoms with Gasteiger partial charge in [0, 0.05) is 12.6 Å². The maximum Gasteiger partial charge on any atom is 0.238 e. The molecule has 0 aromatic heterocycles. The molecule has 100 valence electrons. The van der Waals surface area contributed by atoms with Crippen molar-refractivity contribution in [1.29, 1.82) is 0 Å². The van der Waals surface area contributed by atoms with Gasteiger partial charge in [-0.3, -0.25) is 0 Å². The lowest BCUT2D eigenvalue weighted by Gasteiger charge is -2.17. The lowest BCUT2D eigenvalue weighted by molar-refractivity contribution is 0.426. The van der Waals surface area contributed by atoms with Crippen LogP contribution in [0.15, 0.2) is 29.2 Å². The second-order valence-electron chi connectivity index (χ2n) is 5.08. The highest BCUT2D eigenvalue weighted by molar-refractivity contribution is 7.89. The van der Waals surface area contributed by atoms with Gasteiger partial charge in [0.15, 0.2) is 0 Å². The Balaban J connectivity index is 1.94. The summed E-state index contributed by atoms with van der Waals surface area (Å²) in [6, 6.07) is 7.33. The molecule has 18 heavy (non-hydrogen) atoms. The SMILES string of the molecule is CC1CCCC1NCc1ccc(S(N)(=O)=O)cc1. The monoisotopic (exact) mass is 268 g/mol. The summed E-state index contributed by atoms with van der Waals surface area (Å²) in [4.78, 5) is 0.167. The smallest absolute Gasteiger partial charge is 0.238 e. The van der Waals surface area contributed by atoms with Crippen molar-refractivity contribution in [2.75, 3.05) is 0 Å². The number of rotatable bonds is 4. The highest BCUT2D eigenvalue weighted by Gasteiger charge is 2.22. The first-order chi connectivity index (χ1) is 8.47. The topological polar surface area (TPSA) is 72.2 Å². The van der Waals surface area contributed by atoms with Crippen LogP contribution in [0.4, 0.5) is 0 Å². The number of benzene rings is 1. The molecule has 2 rings (SSSR count). The maximum atomic E-state index is 11.1. The van der Waals surface area contributed by atoms with Crippen molar-refractivity contribution in [3.63, 3.8) is 0 Å². The predicted octanol–water partition coefficient (Wildman–Crippen LogP) is 1.61. The van der Waals surface area contributed by atoms with Crippen molar-refractivity contribution in [1.82, 2.24) is 5.32 Å². The van der Waals surface area contributed by atoms with Gasteiger partial charge in [0.25, 0.3) is 0 Å². The highest BCUT2D eigenvalue weighted by atomic mass is 32.2. The molecular weight excluding hydrogens is 248 g/mol. The van der Waals surface area contributed by atoms with E-state index in [1.165, 1.54) is 19.3 Å². The van der Waals surface area contributed by atoms with E-state index in [0.717, 1.165) is 18.0 Å². The lowest BCUT2D eigenvalue weighted by Crippen LogP contribution is -2.30. The zero-order valence-electron chi connectivity index (χ0n) is 10.6. The molecule has 1 aromatic carbocycles. The van der Waals surface area contributed by atoms with Crippen LogP contribution in [0.1, 0.15) is 31.7 Å². The molecule has 0 spiro atoms. The quantitative estimate of drug-likeness (QED) is 0.871. The number of primary sulfonamides is 1. The molecule has 2 unspecified atom stereocenters. The Labute approximate surface area is 109 Å². The average molecular weight is 268 g/mol. The molecule has 0 amide bonds. The standard InChI is InChI=1S/C13H20N2O2S/c1-10-3-2-4-13(10)15-9-11-5-7-12(8-6-11)18(14,16)17/h5-8,10,13,15H,2-4,9H2,1H3,(H2,14,16,17). The van der Waals surface area contributed by atoms with Gasteiger partial charge in [-0.25, -0.2) is 13.6 Å². The van der Waals surface area contributed by atoms with Crippen LogP contribution in [0.5, 0.6) is 0 Å². The summed E-state index contributed by atoms with van der Waals surface area (Å²) in [5.74, 6) is 0.730. The third kappa shape index (κ3) is 3.31. The van der Waals surface area contributed by atoms with E-state index < -0.39 is 10.0 Å². The first kappa shape index (κ1) is 13.5. The summed E-state index contributed by atoms with van der Waals surface area (Å²) in [5.41, 5.74) is 1.08. The van der Waals surface area contributed by atoms with Crippen molar-refractivity contribution < 1.29 is 8.42 Å². The van der Waals surface area contributed by atoms with Gasteiger partial charge < -0.3 is 5.32 Å².